The molecule has 2 aliphatic rings. The number of H-pyrrole nitrogens is 1. The van der Waals surface area contributed by atoms with Crippen LogP contribution in [0.3, 0.4) is 0 Å². The van der Waals surface area contributed by atoms with Crippen LogP contribution in [0.15, 0.2) is 6.07 Å². The largest absolute Gasteiger partial charge is 0.308 e. The molecule has 0 aromatic carbocycles. The maximum atomic E-state index is 4.36. The standard InChI is InChI=1S/C12H19N3/c1-2-4-10(3-1)13-8-11-7-12(15-14-11)9-5-6-9/h7,9-10,13H,1-6,8H2,(H,14,15). The van der Waals surface area contributed by atoms with Gasteiger partial charge < -0.3 is 5.32 Å². The second kappa shape index (κ2) is 3.97. The van der Waals surface area contributed by atoms with Crippen LogP contribution in [-0.2, 0) is 6.54 Å². The Bertz CT molecular complexity index is 321. The Labute approximate surface area is 90.7 Å². The summed E-state index contributed by atoms with van der Waals surface area (Å²) in [6.07, 6.45) is 8.16. The highest BCUT2D eigenvalue weighted by Crippen LogP contribution is 2.38. The van der Waals surface area contributed by atoms with E-state index in [1.165, 1.54) is 49.9 Å². The van der Waals surface area contributed by atoms with E-state index in [-0.39, 0.29) is 0 Å². The summed E-state index contributed by atoms with van der Waals surface area (Å²) in [7, 11) is 0. The monoisotopic (exact) mass is 205 g/mol. The van der Waals surface area contributed by atoms with E-state index in [0.717, 1.165) is 18.5 Å². The molecule has 3 heteroatoms. The zero-order chi connectivity index (χ0) is 10.1. The van der Waals surface area contributed by atoms with Gasteiger partial charge in [-0.3, -0.25) is 5.10 Å². The van der Waals surface area contributed by atoms with Gasteiger partial charge in [-0.15, -0.1) is 0 Å². The second-order valence-electron chi connectivity index (χ2n) is 4.95. The molecule has 0 radical (unpaired) electrons. The number of hydrogen-bond donors (Lipinski definition) is 2. The van der Waals surface area contributed by atoms with Gasteiger partial charge in [0.15, 0.2) is 0 Å². The van der Waals surface area contributed by atoms with Crippen molar-refractivity contribution in [2.75, 3.05) is 0 Å². The van der Waals surface area contributed by atoms with Crippen LogP contribution < -0.4 is 5.32 Å². The van der Waals surface area contributed by atoms with Crippen molar-refractivity contribution in [3.63, 3.8) is 0 Å². The first-order valence-corrected chi connectivity index (χ1v) is 6.19. The van der Waals surface area contributed by atoms with E-state index >= 15 is 0 Å². The summed E-state index contributed by atoms with van der Waals surface area (Å²) in [4.78, 5) is 0. The van der Waals surface area contributed by atoms with Gasteiger partial charge in [-0.25, -0.2) is 0 Å². The molecule has 0 spiro atoms. The Hall–Kier alpha value is -0.830. The van der Waals surface area contributed by atoms with Crippen LogP contribution in [0.25, 0.3) is 0 Å². The van der Waals surface area contributed by atoms with Crippen molar-refractivity contribution in [3.8, 4) is 0 Å². The highest BCUT2D eigenvalue weighted by atomic mass is 15.1. The summed E-state index contributed by atoms with van der Waals surface area (Å²) < 4.78 is 0. The summed E-state index contributed by atoms with van der Waals surface area (Å²) >= 11 is 0. The molecule has 82 valence electrons. The fourth-order valence-electron chi connectivity index (χ4n) is 2.44. The quantitative estimate of drug-likeness (QED) is 0.792. The van der Waals surface area contributed by atoms with Gasteiger partial charge in [0.2, 0.25) is 0 Å². The Morgan fingerprint density at radius 1 is 1.27 bits per heavy atom. The Kier molecular flexibility index (Phi) is 2.49. The maximum absolute atomic E-state index is 4.36. The number of nitrogens with zero attached hydrogens (tertiary/aromatic N) is 1. The Morgan fingerprint density at radius 2 is 2.07 bits per heavy atom. The molecule has 3 rings (SSSR count). The van der Waals surface area contributed by atoms with Crippen LogP contribution in [-0.4, -0.2) is 16.2 Å². The Morgan fingerprint density at radius 3 is 2.80 bits per heavy atom. The third kappa shape index (κ3) is 2.23. The fourth-order valence-corrected chi connectivity index (χ4v) is 2.44. The highest BCUT2D eigenvalue weighted by molar-refractivity contribution is 5.17. The van der Waals surface area contributed by atoms with E-state index in [9.17, 15) is 0 Å². The van der Waals surface area contributed by atoms with E-state index in [1.807, 2.05) is 0 Å². The van der Waals surface area contributed by atoms with E-state index < -0.39 is 0 Å². The molecule has 0 atom stereocenters. The molecule has 0 bridgehead atoms. The van der Waals surface area contributed by atoms with Crippen LogP contribution in [0.2, 0.25) is 0 Å². The lowest BCUT2D eigenvalue weighted by Crippen LogP contribution is -2.25. The third-order valence-corrected chi connectivity index (χ3v) is 3.58. The van der Waals surface area contributed by atoms with E-state index in [0.29, 0.717) is 0 Å². The van der Waals surface area contributed by atoms with Crippen molar-refractivity contribution in [2.24, 2.45) is 0 Å². The third-order valence-electron chi connectivity index (χ3n) is 3.58. The minimum Gasteiger partial charge on any atom is -0.308 e. The van der Waals surface area contributed by atoms with Crippen LogP contribution in [0.1, 0.15) is 55.8 Å². The summed E-state index contributed by atoms with van der Waals surface area (Å²) in [6.45, 7) is 0.963. The van der Waals surface area contributed by atoms with Gasteiger partial charge in [0.25, 0.3) is 0 Å². The zero-order valence-corrected chi connectivity index (χ0v) is 9.13. The lowest BCUT2D eigenvalue weighted by Gasteiger charge is -2.09. The van der Waals surface area contributed by atoms with Gasteiger partial charge in [0.05, 0.1) is 5.69 Å². The lowest BCUT2D eigenvalue weighted by molar-refractivity contribution is 0.519. The molecule has 2 aliphatic carbocycles. The highest BCUT2D eigenvalue weighted by Gasteiger charge is 2.26. The van der Waals surface area contributed by atoms with Crippen molar-refractivity contribution < 1.29 is 0 Å². The molecule has 0 amide bonds. The molecule has 0 aliphatic heterocycles. The molecule has 0 saturated heterocycles. The lowest BCUT2D eigenvalue weighted by atomic mass is 10.2. The molecule has 2 fully saturated rings. The summed E-state index contributed by atoms with van der Waals surface area (Å²) in [6, 6.07) is 2.98. The number of nitrogens with one attached hydrogen (secondary N) is 2. The number of hydrogen-bond acceptors (Lipinski definition) is 2. The average molecular weight is 205 g/mol. The molecule has 1 aromatic rings. The van der Waals surface area contributed by atoms with Crippen LogP contribution in [0.4, 0.5) is 0 Å². The molecule has 2 N–H and O–H groups in total. The first-order chi connectivity index (χ1) is 7.42. The predicted octanol–water partition coefficient (Wildman–Crippen LogP) is 2.32. The average Bonchev–Trinajstić information content (AvgIpc) is 2.82. The molecule has 1 aromatic heterocycles. The zero-order valence-electron chi connectivity index (χ0n) is 9.13. The molecule has 0 unspecified atom stereocenters. The fraction of sp³-hybridized carbons (Fsp3) is 0.750. The van der Waals surface area contributed by atoms with Gasteiger partial charge in [-0.05, 0) is 31.7 Å². The second-order valence-corrected chi connectivity index (χ2v) is 4.95. The SMILES string of the molecule is c1c(C2CC2)n[nH]c1CNC1CCCC1. The summed E-state index contributed by atoms with van der Waals surface area (Å²) in [5, 5.41) is 11.1. The molecule has 1 heterocycles. The summed E-state index contributed by atoms with van der Waals surface area (Å²) in [5.74, 6) is 0.765. The number of rotatable bonds is 4. The minimum atomic E-state index is 0.748. The van der Waals surface area contributed by atoms with E-state index in [1.54, 1.807) is 0 Å². The van der Waals surface area contributed by atoms with Crippen molar-refractivity contribution >= 4 is 0 Å². The maximum Gasteiger partial charge on any atom is 0.0656 e. The molecular weight excluding hydrogens is 186 g/mol. The topological polar surface area (TPSA) is 40.7 Å². The molecule has 2 saturated carbocycles. The van der Waals surface area contributed by atoms with Gasteiger partial charge in [-0.2, -0.15) is 5.10 Å². The van der Waals surface area contributed by atoms with Crippen molar-refractivity contribution in [2.45, 2.75) is 57.0 Å². The molecular formula is C12H19N3. The van der Waals surface area contributed by atoms with E-state index in [2.05, 4.69) is 21.6 Å². The van der Waals surface area contributed by atoms with Crippen molar-refractivity contribution in [1.82, 2.24) is 15.5 Å². The van der Waals surface area contributed by atoms with Crippen LogP contribution in [0.5, 0.6) is 0 Å². The minimum absolute atomic E-state index is 0.748. The summed E-state index contributed by atoms with van der Waals surface area (Å²) in [5.41, 5.74) is 2.53. The van der Waals surface area contributed by atoms with Gasteiger partial charge in [0, 0.05) is 24.2 Å². The van der Waals surface area contributed by atoms with Crippen LogP contribution in [0, 0.1) is 0 Å². The molecule has 3 nitrogen and oxygen atoms in total. The van der Waals surface area contributed by atoms with Gasteiger partial charge >= 0.3 is 0 Å². The number of aromatic nitrogens is 2. The van der Waals surface area contributed by atoms with Gasteiger partial charge in [0.1, 0.15) is 0 Å². The first-order valence-electron chi connectivity index (χ1n) is 6.19. The predicted molar refractivity (Wildman–Crippen MR) is 59.7 cm³/mol. The number of aromatic amines is 1. The van der Waals surface area contributed by atoms with Crippen molar-refractivity contribution in [1.29, 1.82) is 0 Å². The van der Waals surface area contributed by atoms with Crippen molar-refractivity contribution in [3.05, 3.63) is 17.5 Å². The first kappa shape index (κ1) is 9.40. The Balaban J connectivity index is 1.52. The normalized spacial score (nSPS) is 22.4. The molecule has 15 heavy (non-hydrogen) atoms. The smallest absolute Gasteiger partial charge is 0.0656 e. The van der Waals surface area contributed by atoms with Gasteiger partial charge in [-0.1, -0.05) is 12.8 Å². The van der Waals surface area contributed by atoms with E-state index in [4.69, 9.17) is 0 Å². The van der Waals surface area contributed by atoms with Crippen LogP contribution >= 0.6 is 0 Å².